The molecule has 0 amide bonds. The first kappa shape index (κ1) is 14.2. The Kier molecular flexibility index (Phi) is 4.70. The van der Waals surface area contributed by atoms with Crippen LogP contribution >= 0.6 is 0 Å². The lowest BCUT2D eigenvalue weighted by molar-refractivity contribution is 0.0965. The van der Waals surface area contributed by atoms with Gasteiger partial charge in [0.05, 0.1) is 7.11 Å². The van der Waals surface area contributed by atoms with Crippen LogP contribution < -0.4 is 14.8 Å². The molecule has 1 N–H and O–H groups in total. The first-order chi connectivity index (χ1) is 9.19. The lowest BCUT2D eigenvalue weighted by Crippen LogP contribution is -2.35. The van der Waals surface area contributed by atoms with Gasteiger partial charge in [0.2, 0.25) is 0 Å². The number of rotatable bonds is 5. The SMILES string of the molecule is CCCC(C)C1CC(NC)c2ccc(OC)cc2O1. The smallest absolute Gasteiger partial charge is 0.128 e. The number of nitrogens with one attached hydrogen (secondary N) is 1. The summed E-state index contributed by atoms with van der Waals surface area (Å²) in [7, 11) is 3.71. The van der Waals surface area contributed by atoms with Crippen LogP contribution in [0.4, 0.5) is 0 Å². The number of benzene rings is 1. The van der Waals surface area contributed by atoms with Gasteiger partial charge in [-0.05, 0) is 25.5 Å². The molecule has 0 saturated carbocycles. The molecule has 0 fully saturated rings. The molecule has 19 heavy (non-hydrogen) atoms. The van der Waals surface area contributed by atoms with Crippen LogP contribution in [0, 0.1) is 5.92 Å². The average Bonchev–Trinajstić information content (AvgIpc) is 2.45. The van der Waals surface area contributed by atoms with E-state index in [1.165, 1.54) is 18.4 Å². The maximum atomic E-state index is 6.20. The van der Waals surface area contributed by atoms with E-state index in [1.807, 2.05) is 19.2 Å². The molecule has 2 rings (SSSR count). The van der Waals surface area contributed by atoms with Crippen LogP contribution in [0.1, 0.15) is 44.7 Å². The van der Waals surface area contributed by atoms with Crippen molar-refractivity contribution in [1.29, 1.82) is 0 Å². The number of fused-ring (bicyclic) bond motifs is 1. The summed E-state index contributed by atoms with van der Waals surface area (Å²) in [6.07, 6.45) is 3.74. The van der Waals surface area contributed by atoms with E-state index >= 15 is 0 Å². The highest BCUT2D eigenvalue weighted by Gasteiger charge is 2.30. The van der Waals surface area contributed by atoms with E-state index in [0.29, 0.717) is 12.0 Å². The summed E-state index contributed by atoms with van der Waals surface area (Å²) in [6, 6.07) is 6.49. The van der Waals surface area contributed by atoms with Crippen LogP contribution in [0.5, 0.6) is 11.5 Å². The Hall–Kier alpha value is -1.22. The lowest BCUT2D eigenvalue weighted by Gasteiger charge is -2.35. The second-order valence-electron chi connectivity index (χ2n) is 5.40. The van der Waals surface area contributed by atoms with E-state index in [2.05, 4.69) is 25.2 Å². The molecule has 1 aliphatic rings. The average molecular weight is 263 g/mol. The Morgan fingerprint density at radius 2 is 2.26 bits per heavy atom. The van der Waals surface area contributed by atoms with Crippen molar-refractivity contribution < 1.29 is 9.47 Å². The van der Waals surface area contributed by atoms with Gasteiger partial charge in [-0.2, -0.15) is 0 Å². The Morgan fingerprint density at radius 3 is 2.89 bits per heavy atom. The van der Waals surface area contributed by atoms with Crippen molar-refractivity contribution in [2.24, 2.45) is 5.92 Å². The summed E-state index contributed by atoms with van der Waals surface area (Å²) in [6.45, 7) is 4.51. The van der Waals surface area contributed by atoms with Crippen LogP contribution in [-0.4, -0.2) is 20.3 Å². The van der Waals surface area contributed by atoms with Gasteiger partial charge >= 0.3 is 0 Å². The third kappa shape index (κ3) is 3.03. The Morgan fingerprint density at radius 1 is 1.47 bits per heavy atom. The molecule has 0 aliphatic carbocycles. The molecule has 1 heterocycles. The highest BCUT2D eigenvalue weighted by Crippen LogP contribution is 2.39. The minimum atomic E-state index is 0.289. The van der Waals surface area contributed by atoms with Crippen molar-refractivity contribution in [2.45, 2.75) is 45.3 Å². The minimum Gasteiger partial charge on any atom is -0.497 e. The first-order valence-electron chi connectivity index (χ1n) is 7.21. The molecule has 0 aromatic heterocycles. The minimum absolute atomic E-state index is 0.289. The zero-order chi connectivity index (χ0) is 13.8. The van der Waals surface area contributed by atoms with Crippen LogP contribution in [0.2, 0.25) is 0 Å². The number of methoxy groups -OCH3 is 1. The summed E-state index contributed by atoms with van der Waals surface area (Å²) in [4.78, 5) is 0. The first-order valence-corrected chi connectivity index (χ1v) is 7.21. The lowest BCUT2D eigenvalue weighted by atomic mass is 9.88. The van der Waals surface area contributed by atoms with E-state index in [-0.39, 0.29) is 6.10 Å². The fourth-order valence-electron chi connectivity index (χ4n) is 2.87. The molecule has 0 bridgehead atoms. The molecule has 1 aromatic carbocycles. The van der Waals surface area contributed by atoms with Crippen LogP contribution in [-0.2, 0) is 0 Å². The van der Waals surface area contributed by atoms with Gasteiger partial charge in [-0.3, -0.25) is 0 Å². The van der Waals surface area contributed by atoms with Crippen molar-refractivity contribution in [3.05, 3.63) is 23.8 Å². The van der Waals surface area contributed by atoms with Gasteiger partial charge in [0.15, 0.2) is 0 Å². The second-order valence-corrected chi connectivity index (χ2v) is 5.40. The van der Waals surface area contributed by atoms with Crippen molar-refractivity contribution in [3.8, 4) is 11.5 Å². The maximum Gasteiger partial charge on any atom is 0.128 e. The van der Waals surface area contributed by atoms with Crippen molar-refractivity contribution in [2.75, 3.05) is 14.2 Å². The van der Waals surface area contributed by atoms with E-state index < -0.39 is 0 Å². The molecule has 3 unspecified atom stereocenters. The van der Waals surface area contributed by atoms with Gasteiger partial charge in [-0.1, -0.05) is 26.3 Å². The quantitative estimate of drug-likeness (QED) is 0.881. The Bertz CT molecular complexity index is 419. The van der Waals surface area contributed by atoms with Crippen LogP contribution in [0.25, 0.3) is 0 Å². The van der Waals surface area contributed by atoms with Crippen molar-refractivity contribution >= 4 is 0 Å². The van der Waals surface area contributed by atoms with E-state index in [1.54, 1.807) is 7.11 Å². The Labute approximate surface area is 116 Å². The standard InChI is InChI=1S/C16H25NO2/c1-5-6-11(2)15-10-14(17-3)13-8-7-12(18-4)9-16(13)19-15/h7-9,11,14-15,17H,5-6,10H2,1-4H3. The fourth-order valence-corrected chi connectivity index (χ4v) is 2.87. The monoisotopic (exact) mass is 263 g/mol. The van der Waals surface area contributed by atoms with Crippen molar-refractivity contribution in [1.82, 2.24) is 5.32 Å². The maximum absolute atomic E-state index is 6.20. The van der Waals surface area contributed by atoms with Gasteiger partial charge in [-0.25, -0.2) is 0 Å². The largest absolute Gasteiger partial charge is 0.497 e. The predicted molar refractivity (Wildman–Crippen MR) is 77.9 cm³/mol. The second kappa shape index (κ2) is 6.29. The highest BCUT2D eigenvalue weighted by molar-refractivity contribution is 5.44. The van der Waals surface area contributed by atoms with E-state index in [9.17, 15) is 0 Å². The van der Waals surface area contributed by atoms with Gasteiger partial charge in [0.1, 0.15) is 17.6 Å². The molecule has 3 heteroatoms. The third-order valence-electron chi connectivity index (χ3n) is 4.07. The normalized spacial score (nSPS) is 23.4. The summed E-state index contributed by atoms with van der Waals surface area (Å²) in [5, 5.41) is 3.40. The molecule has 3 nitrogen and oxygen atoms in total. The van der Waals surface area contributed by atoms with Gasteiger partial charge < -0.3 is 14.8 Å². The summed E-state index contributed by atoms with van der Waals surface area (Å²) >= 11 is 0. The number of hydrogen-bond acceptors (Lipinski definition) is 3. The van der Waals surface area contributed by atoms with Crippen LogP contribution in [0.3, 0.4) is 0 Å². The fraction of sp³-hybridized carbons (Fsp3) is 0.625. The van der Waals surface area contributed by atoms with Gasteiger partial charge in [-0.15, -0.1) is 0 Å². The molecule has 3 atom stereocenters. The zero-order valence-electron chi connectivity index (χ0n) is 12.4. The molecule has 1 aromatic rings. The highest BCUT2D eigenvalue weighted by atomic mass is 16.5. The summed E-state index contributed by atoms with van der Waals surface area (Å²) < 4.78 is 11.5. The van der Waals surface area contributed by atoms with Gasteiger partial charge in [0, 0.05) is 24.1 Å². The predicted octanol–water partition coefficient (Wildman–Crippen LogP) is 3.54. The van der Waals surface area contributed by atoms with E-state index in [0.717, 1.165) is 17.9 Å². The molecule has 0 spiro atoms. The molecular weight excluding hydrogens is 238 g/mol. The molecule has 0 radical (unpaired) electrons. The molecule has 1 aliphatic heterocycles. The van der Waals surface area contributed by atoms with Crippen LogP contribution in [0.15, 0.2) is 18.2 Å². The topological polar surface area (TPSA) is 30.5 Å². The molecular formula is C16H25NO2. The number of ether oxygens (including phenoxy) is 2. The van der Waals surface area contributed by atoms with E-state index in [4.69, 9.17) is 9.47 Å². The number of hydrogen-bond donors (Lipinski definition) is 1. The summed E-state index contributed by atoms with van der Waals surface area (Å²) in [5.41, 5.74) is 1.24. The molecule has 106 valence electrons. The zero-order valence-corrected chi connectivity index (χ0v) is 12.4. The molecule has 0 saturated heterocycles. The summed E-state index contributed by atoms with van der Waals surface area (Å²) in [5.74, 6) is 2.41. The third-order valence-corrected chi connectivity index (χ3v) is 4.07. The van der Waals surface area contributed by atoms with Crippen molar-refractivity contribution in [3.63, 3.8) is 0 Å². The van der Waals surface area contributed by atoms with Gasteiger partial charge in [0.25, 0.3) is 0 Å². The Balaban J connectivity index is 2.24.